The maximum Gasteiger partial charge on any atom is 0.292 e. The lowest BCUT2D eigenvalue weighted by Gasteiger charge is -2.08. The molecular formula is C16H13N5O4S2. The molecule has 1 N–H and O–H groups in total. The fourth-order valence-corrected chi connectivity index (χ4v) is 3.77. The van der Waals surface area contributed by atoms with Crippen LogP contribution < -0.4 is 10.9 Å². The van der Waals surface area contributed by atoms with E-state index in [1.807, 2.05) is 0 Å². The van der Waals surface area contributed by atoms with E-state index < -0.39 is 16.4 Å². The van der Waals surface area contributed by atoms with Gasteiger partial charge in [-0.25, -0.2) is 4.98 Å². The molecule has 0 fully saturated rings. The van der Waals surface area contributed by atoms with Gasteiger partial charge in [0.25, 0.3) is 11.2 Å². The van der Waals surface area contributed by atoms with Gasteiger partial charge in [0, 0.05) is 12.6 Å². The first-order valence-electron chi connectivity index (χ1n) is 7.65. The minimum atomic E-state index is -0.593. The molecule has 0 spiro atoms. The fraction of sp³-hybridized carbons (Fsp3) is 0.125. The molecule has 3 aromatic rings. The van der Waals surface area contributed by atoms with Crippen molar-refractivity contribution in [1.82, 2.24) is 14.1 Å². The summed E-state index contributed by atoms with van der Waals surface area (Å²) in [5, 5.41) is 13.5. The molecule has 0 saturated heterocycles. The van der Waals surface area contributed by atoms with E-state index in [2.05, 4.69) is 16.9 Å². The first-order valence-corrected chi connectivity index (χ1v) is 8.87. The van der Waals surface area contributed by atoms with Gasteiger partial charge in [0.15, 0.2) is 9.60 Å². The number of anilines is 1. The number of thiazole rings is 1. The van der Waals surface area contributed by atoms with Gasteiger partial charge in [-0.2, -0.15) is 0 Å². The van der Waals surface area contributed by atoms with Crippen LogP contribution in [0.25, 0.3) is 10.3 Å². The molecule has 0 aliphatic rings. The van der Waals surface area contributed by atoms with Gasteiger partial charge in [0.2, 0.25) is 5.91 Å². The normalized spacial score (nSPS) is 10.7. The van der Waals surface area contributed by atoms with Gasteiger partial charge < -0.3 is 9.88 Å². The van der Waals surface area contributed by atoms with Crippen molar-refractivity contribution in [2.75, 3.05) is 5.32 Å². The molecule has 0 aliphatic carbocycles. The molecule has 9 nitrogen and oxygen atoms in total. The van der Waals surface area contributed by atoms with E-state index in [4.69, 9.17) is 12.2 Å². The molecule has 0 aliphatic heterocycles. The number of aromatic nitrogens is 3. The van der Waals surface area contributed by atoms with E-state index in [0.717, 1.165) is 15.9 Å². The van der Waals surface area contributed by atoms with Crippen molar-refractivity contribution in [2.24, 2.45) is 0 Å². The lowest BCUT2D eigenvalue weighted by Crippen LogP contribution is -2.27. The van der Waals surface area contributed by atoms with Crippen molar-refractivity contribution in [3.05, 3.63) is 67.7 Å². The highest BCUT2D eigenvalue weighted by atomic mass is 32.1. The topological polar surface area (TPSA) is 112 Å². The van der Waals surface area contributed by atoms with Gasteiger partial charge in [-0.3, -0.25) is 24.3 Å². The molecule has 0 bridgehead atoms. The Morgan fingerprint density at radius 3 is 2.89 bits per heavy atom. The van der Waals surface area contributed by atoms with Crippen molar-refractivity contribution in [3.8, 4) is 0 Å². The van der Waals surface area contributed by atoms with Crippen molar-refractivity contribution in [2.45, 2.75) is 13.1 Å². The van der Waals surface area contributed by atoms with Crippen LogP contribution in [0, 0.1) is 14.1 Å². The molecule has 2 heterocycles. The Hall–Kier alpha value is -3.18. The highest BCUT2D eigenvalue weighted by Gasteiger charge is 2.17. The molecular weight excluding hydrogens is 390 g/mol. The summed E-state index contributed by atoms with van der Waals surface area (Å²) < 4.78 is 3.64. The molecule has 3 rings (SSSR count). The minimum absolute atomic E-state index is 0.0578. The van der Waals surface area contributed by atoms with E-state index >= 15 is 0 Å². The van der Waals surface area contributed by atoms with Crippen LogP contribution in [0.15, 0.2) is 48.0 Å². The first-order chi connectivity index (χ1) is 12.9. The van der Waals surface area contributed by atoms with Gasteiger partial charge in [-0.15, -0.1) is 6.58 Å². The maximum atomic E-state index is 12.6. The zero-order valence-electron chi connectivity index (χ0n) is 13.8. The Bertz CT molecular complexity index is 1180. The number of nitro groups is 1. The van der Waals surface area contributed by atoms with Crippen LogP contribution in [0.1, 0.15) is 0 Å². The highest BCUT2D eigenvalue weighted by molar-refractivity contribution is 7.73. The van der Waals surface area contributed by atoms with Crippen LogP contribution in [0.3, 0.4) is 0 Å². The second-order valence-electron chi connectivity index (χ2n) is 5.42. The number of carbonyl (C=O) groups excluding carboxylic acids is 1. The summed E-state index contributed by atoms with van der Waals surface area (Å²) in [7, 11) is 0. The van der Waals surface area contributed by atoms with Crippen LogP contribution in [0.2, 0.25) is 0 Å². The predicted octanol–water partition coefficient (Wildman–Crippen LogP) is 2.72. The van der Waals surface area contributed by atoms with Gasteiger partial charge in [-0.05, 0) is 18.3 Å². The zero-order chi connectivity index (χ0) is 19.6. The van der Waals surface area contributed by atoms with Gasteiger partial charge in [0.05, 0.1) is 4.92 Å². The molecule has 2 aromatic heterocycles. The van der Waals surface area contributed by atoms with E-state index in [-0.39, 0.29) is 17.9 Å². The quantitative estimate of drug-likeness (QED) is 0.293. The number of rotatable bonds is 6. The van der Waals surface area contributed by atoms with Crippen molar-refractivity contribution in [1.29, 1.82) is 0 Å². The van der Waals surface area contributed by atoms with E-state index in [0.29, 0.717) is 20.8 Å². The third-order valence-corrected chi connectivity index (χ3v) is 5.07. The third kappa shape index (κ3) is 3.68. The fourth-order valence-electron chi connectivity index (χ4n) is 2.46. The smallest absolute Gasteiger partial charge is 0.292 e. The van der Waals surface area contributed by atoms with Crippen LogP contribution in [0.4, 0.5) is 11.4 Å². The zero-order valence-corrected chi connectivity index (χ0v) is 15.5. The van der Waals surface area contributed by atoms with Crippen LogP contribution >= 0.6 is 23.6 Å². The van der Waals surface area contributed by atoms with Crippen molar-refractivity contribution >= 4 is 51.2 Å². The molecule has 138 valence electrons. The molecule has 0 radical (unpaired) electrons. The number of hydrogen-bond donors (Lipinski definition) is 1. The van der Waals surface area contributed by atoms with Crippen molar-refractivity contribution in [3.63, 3.8) is 0 Å². The Morgan fingerprint density at radius 2 is 2.19 bits per heavy atom. The van der Waals surface area contributed by atoms with E-state index in [1.54, 1.807) is 16.7 Å². The maximum absolute atomic E-state index is 12.6. The number of nitro benzene ring substituents is 1. The molecule has 0 unspecified atom stereocenters. The molecule has 0 atom stereocenters. The van der Waals surface area contributed by atoms with E-state index in [9.17, 15) is 19.7 Å². The summed E-state index contributed by atoms with van der Waals surface area (Å²) in [6.07, 6.45) is 2.90. The van der Waals surface area contributed by atoms with Crippen LogP contribution in [-0.2, 0) is 17.9 Å². The van der Waals surface area contributed by atoms with Crippen LogP contribution in [0.5, 0.6) is 0 Å². The first kappa shape index (κ1) is 18.6. The highest BCUT2D eigenvalue weighted by Crippen LogP contribution is 2.23. The summed E-state index contributed by atoms with van der Waals surface area (Å²) in [5.74, 6) is -0.582. The van der Waals surface area contributed by atoms with Crippen molar-refractivity contribution < 1.29 is 9.72 Å². The second kappa shape index (κ2) is 7.60. The van der Waals surface area contributed by atoms with E-state index in [1.165, 1.54) is 24.5 Å². The summed E-state index contributed by atoms with van der Waals surface area (Å²) >= 11 is 6.35. The van der Waals surface area contributed by atoms with Crippen LogP contribution in [-0.4, -0.2) is 24.9 Å². The Morgan fingerprint density at radius 1 is 1.44 bits per heavy atom. The lowest BCUT2D eigenvalue weighted by molar-refractivity contribution is -0.383. The van der Waals surface area contributed by atoms with Gasteiger partial charge in [0.1, 0.15) is 23.3 Å². The summed E-state index contributed by atoms with van der Waals surface area (Å²) in [4.78, 5) is 39.5. The Labute approximate surface area is 161 Å². The summed E-state index contributed by atoms with van der Waals surface area (Å²) in [6.45, 7) is 3.74. The largest absolute Gasteiger partial charge is 0.319 e. The average Bonchev–Trinajstić information content (AvgIpc) is 2.95. The number of hydrogen-bond acceptors (Lipinski definition) is 7. The number of benzene rings is 1. The minimum Gasteiger partial charge on any atom is -0.319 e. The molecule has 0 saturated carbocycles. The lowest BCUT2D eigenvalue weighted by atomic mass is 10.2. The molecule has 1 aromatic carbocycles. The molecule has 27 heavy (non-hydrogen) atoms. The number of carbonyl (C=O) groups is 1. The summed E-state index contributed by atoms with van der Waals surface area (Å²) in [5.41, 5.74) is -0.143. The summed E-state index contributed by atoms with van der Waals surface area (Å²) in [6, 6.07) is 5.76. The third-order valence-electron chi connectivity index (χ3n) is 3.64. The predicted molar refractivity (Wildman–Crippen MR) is 105 cm³/mol. The number of para-hydroxylation sites is 2. The number of allylic oxidation sites excluding steroid dienone is 1. The molecule has 1 amide bonds. The second-order valence-corrected chi connectivity index (χ2v) is 7.06. The number of nitrogens with zero attached hydrogens (tertiary/aromatic N) is 4. The number of amides is 1. The Balaban J connectivity index is 1.89. The monoisotopic (exact) mass is 403 g/mol. The standard InChI is InChI=1S/C16H13N5O4S2/c1-2-7-20-14-13(27-16(20)26)15(23)19(9-17-14)8-12(22)18-10-5-3-4-6-11(10)21(24)25/h2-6,9H,1,7-8H2,(H,18,22). The average molecular weight is 403 g/mol. The van der Waals surface area contributed by atoms with Gasteiger partial charge in [-0.1, -0.05) is 29.5 Å². The SMILES string of the molecule is C=CCn1c(=S)sc2c(=O)n(CC(=O)Nc3ccccc3[N+](=O)[O-])cnc21. The Kier molecular flexibility index (Phi) is 5.23. The molecule has 11 heteroatoms. The number of nitrogens with one attached hydrogen (secondary N) is 1. The number of fused-ring (bicyclic) bond motifs is 1. The van der Waals surface area contributed by atoms with Gasteiger partial charge >= 0.3 is 0 Å².